The summed E-state index contributed by atoms with van der Waals surface area (Å²) in [6.45, 7) is 3.74. The molecule has 22 heavy (non-hydrogen) atoms. The number of hydroxylamine groups is 2. The van der Waals surface area contributed by atoms with Crippen LogP contribution in [0.1, 0.15) is 24.8 Å². The van der Waals surface area contributed by atoms with E-state index in [0.717, 1.165) is 44.5 Å². The Morgan fingerprint density at radius 1 is 1.36 bits per heavy atom. The lowest BCUT2D eigenvalue weighted by molar-refractivity contribution is -0.177. The van der Waals surface area contributed by atoms with E-state index in [4.69, 9.17) is 14.0 Å². The van der Waals surface area contributed by atoms with Crippen LogP contribution in [0.3, 0.4) is 0 Å². The van der Waals surface area contributed by atoms with E-state index in [9.17, 15) is 4.79 Å². The number of furan rings is 1. The summed E-state index contributed by atoms with van der Waals surface area (Å²) in [6, 6.07) is 2.40. The van der Waals surface area contributed by atoms with E-state index >= 15 is 0 Å². The van der Waals surface area contributed by atoms with Crippen molar-refractivity contribution in [2.75, 3.05) is 26.3 Å². The molecule has 0 aromatic carbocycles. The van der Waals surface area contributed by atoms with E-state index in [2.05, 4.69) is 4.90 Å². The Morgan fingerprint density at radius 2 is 2.32 bits per heavy atom. The lowest BCUT2D eigenvalue weighted by atomic mass is 9.89. The summed E-state index contributed by atoms with van der Waals surface area (Å²) in [6.07, 6.45) is 6.43. The summed E-state index contributed by atoms with van der Waals surface area (Å²) in [5.74, 6) is 0.0768. The highest BCUT2D eigenvalue weighted by Gasteiger charge is 2.43. The predicted molar refractivity (Wildman–Crippen MR) is 77.7 cm³/mol. The highest BCUT2D eigenvalue weighted by atomic mass is 16.7. The summed E-state index contributed by atoms with van der Waals surface area (Å²) in [5.41, 5.74) is 1.15. The van der Waals surface area contributed by atoms with Crippen LogP contribution in [0.25, 0.3) is 0 Å². The molecule has 6 heteroatoms. The van der Waals surface area contributed by atoms with Crippen LogP contribution in [-0.2, 0) is 20.9 Å². The SMILES string of the molecule is O=C([C@H]1C[C@H]2OCC[C@H]2N(Cc2ccoc2)C1)N1CCCO1. The molecule has 1 amide bonds. The second-order valence-corrected chi connectivity index (χ2v) is 6.39. The fourth-order valence-corrected chi connectivity index (χ4v) is 3.86. The van der Waals surface area contributed by atoms with Crippen LogP contribution in [-0.4, -0.2) is 54.3 Å². The molecule has 4 rings (SSSR count). The molecule has 6 nitrogen and oxygen atoms in total. The van der Waals surface area contributed by atoms with Gasteiger partial charge in [-0.15, -0.1) is 0 Å². The third-order valence-electron chi connectivity index (χ3n) is 4.93. The molecule has 3 atom stereocenters. The zero-order chi connectivity index (χ0) is 14.9. The van der Waals surface area contributed by atoms with Gasteiger partial charge in [-0.3, -0.25) is 14.5 Å². The van der Waals surface area contributed by atoms with Crippen LogP contribution < -0.4 is 0 Å². The fourth-order valence-electron chi connectivity index (χ4n) is 3.86. The van der Waals surface area contributed by atoms with Crippen LogP contribution >= 0.6 is 0 Å². The van der Waals surface area contributed by atoms with Gasteiger partial charge in [-0.05, 0) is 25.3 Å². The first kappa shape index (κ1) is 14.2. The van der Waals surface area contributed by atoms with Gasteiger partial charge in [0.25, 0.3) is 5.91 Å². The minimum absolute atomic E-state index is 0.0376. The maximum absolute atomic E-state index is 12.6. The van der Waals surface area contributed by atoms with Gasteiger partial charge in [0.15, 0.2) is 0 Å². The minimum Gasteiger partial charge on any atom is -0.472 e. The Bertz CT molecular complexity index is 512. The molecule has 1 aromatic heterocycles. The second-order valence-electron chi connectivity index (χ2n) is 6.39. The Kier molecular flexibility index (Phi) is 3.90. The molecule has 0 bridgehead atoms. The van der Waals surface area contributed by atoms with Crippen molar-refractivity contribution in [1.82, 2.24) is 9.96 Å². The standard InChI is InChI=1S/C16H22N2O4/c19-16(18-4-1-5-22-18)13-8-15-14(3-7-21-15)17(10-13)9-12-2-6-20-11-12/h2,6,11,13-15H,1,3-5,7-10H2/t13-,14+,15+/m0/s1. The van der Waals surface area contributed by atoms with Crippen LogP contribution in [0.2, 0.25) is 0 Å². The molecule has 0 unspecified atom stereocenters. The molecular weight excluding hydrogens is 284 g/mol. The van der Waals surface area contributed by atoms with Gasteiger partial charge in [0.05, 0.1) is 37.7 Å². The van der Waals surface area contributed by atoms with Crippen LogP contribution in [0.5, 0.6) is 0 Å². The molecule has 3 aliphatic heterocycles. The van der Waals surface area contributed by atoms with Gasteiger partial charge >= 0.3 is 0 Å². The Morgan fingerprint density at radius 3 is 3.09 bits per heavy atom. The van der Waals surface area contributed by atoms with E-state index in [1.165, 1.54) is 0 Å². The third-order valence-corrected chi connectivity index (χ3v) is 4.93. The van der Waals surface area contributed by atoms with Crippen molar-refractivity contribution in [1.29, 1.82) is 0 Å². The molecular formula is C16H22N2O4. The monoisotopic (exact) mass is 306 g/mol. The number of hydrogen-bond acceptors (Lipinski definition) is 5. The normalized spacial score (nSPS) is 32.4. The average Bonchev–Trinajstić information content (AvgIpc) is 3.27. The Balaban J connectivity index is 1.48. The number of carbonyl (C=O) groups is 1. The first-order valence-corrected chi connectivity index (χ1v) is 8.12. The zero-order valence-electron chi connectivity index (χ0n) is 12.6. The highest BCUT2D eigenvalue weighted by molar-refractivity contribution is 5.78. The molecule has 0 radical (unpaired) electrons. The van der Waals surface area contributed by atoms with Gasteiger partial charge < -0.3 is 9.15 Å². The quantitative estimate of drug-likeness (QED) is 0.845. The van der Waals surface area contributed by atoms with E-state index < -0.39 is 0 Å². The number of ether oxygens (including phenoxy) is 1. The number of rotatable bonds is 3. The van der Waals surface area contributed by atoms with Crippen molar-refractivity contribution in [2.45, 2.75) is 38.0 Å². The number of amides is 1. The number of likely N-dealkylation sites (tertiary alicyclic amines) is 1. The van der Waals surface area contributed by atoms with Gasteiger partial charge in [0.2, 0.25) is 0 Å². The van der Waals surface area contributed by atoms with Crippen molar-refractivity contribution >= 4 is 5.91 Å². The molecule has 0 saturated carbocycles. The molecule has 3 saturated heterocycles. The molecule has 3 fully saturated rings. The molecule has 1 aromatic rings. The van der Waals surface area contributed by atoms with E-state index in [0.29, 0.717) is 19.2 Å². The highest BCUT2D eigenvalue weighted by Crippen LogP contribution is 2.33. The van der Waals surface area contributed by atoms with Gasteiger partial charge in [0.1, 0.15) is 0 Å². The van der Waals surface area contributed by atoms with Crippen molar-refractivity contribution in [3.05, 3.63) is 24.2 Å². The van der Waals surface area contributed by atoms with E-state index in [1.807, 2.05) is 6.07 Å². The van der Waals surface area contributed by atoms with Crippen LogP contribution in [0.15, 0.2) is 23.0 Å². The summed E-state index contributed by atoms with van der Waals surface area (Å²) in [4.78, 5) is 20.4. The van der Waals surface area contributed by atoms with Crippen molar-refractivity contribution in [3.8, 4) is 0 Å². The van der Waals surface area contributed by atoms with Gasteiger partial charge in [-0.25, -0.2) is 5.06 Å². The van der Waals surface area contributed by atoms with Crippen molar-refractivity contribution < 1.29 is 18.8 Å². The van der Waals surface area contributed by atoms with Crippen LogP contribution in [0.4, 0.5) is 0 Å². The zero-order valence-corrected chi connectivity index (χ0v) is 12.6. The maximum atomic E-state index is 12.6. The summed E-state index contributed by atoms with van der Waals surface area (Å²) in [7, 11) is 0. The van der Waals surface area contributed by atoms with Crippen molar-refractivity contribution in [2.24, 2.45) is 5.92 Å². The lowest BCUT2D eigenvalue weighted by Crippen LogP contribution is -2.52. The van der Waals surface area contributed by atoms with Gasteiger partial charge in [0, 0.05) is 31.3 Å². The van der Waals surface area contributed by atoms with Gasteiger partial charge in [-0.1, -0.05) is 0 Å². The number of nitrogens with zero attached hydrogens (tertiary/aromatic N) is 2. The average molecular weight is 306 g/mol. The predicted octanol–water partition coefficient (Wildman–Crippen LogP) is 1.42. The molecule has 0 aliphatic carbocycles. The summed E-state index contributed by atoms with van der Waals surface area (Å²) >= 11 is 0. The number of piperidine rings is 1. The molecule has 120 valence electrons. The van der Waals surface area contributed by atoms with E-state index in [1.54, 1.807) is 17.6 Å². The number of hydrogen-bond donors (Lipinski definition) is 0. The molecule has 0 spiro atoms. The number of carbonyl (C=O) groups excluding carboxylic acids is 1. The lowest BCUT2D eigenvalue weighted by Gasteiger charge is -2.40. The Labute approximate surface area is 129 Å². The third kappa shape index (κ3) is 2.66. The maximum Gasteiger partial charge on any atom is 0.250 e. The van der Waals surface area contributed by atoms with Crippen molar-refractivity contribution in [3.63, 3.8) is 0 Å². The second kappa shape index (κ2) is 6.02. The first-order chi connectivity index (χ1) is 10.8. The number of fused-ring (bicyclic) bond motifs is 1. The smallest absolute Gasteiger partial charge is 0.250 e. The topological polar surface area (TPSA) is 55.2 Å². The molecule has 4 heterocycles. The Hall–Kier alpha value is -1.37. The first-order valence-electron chi connectivity index (χ1n) is 8.12. The minimum atomic E-state index is -0.0376. The summed E-state index contributed by atoms with van der Waals surface area (Å²) < 4.78 is 11.0. The molecule has 3 aliphatic rings. The fraction of sp³-hybridized carbons (Fsp3) is 0.688. The van der Waals surface area contributed by atoms with Crippen LogP contribution in [0, 0.1) is 5.92 Å². The van der Waals surface area contributed by atoms with E-state index in [-0.39, 0.29) is 17.9 Å². The summed E-state index contributed by atoms with van der Waals surface area (Å²) in [5, 5.41) is 1.55. The molecule has 0 N–H and O–H groups in total. The van der Waals surface area contributed by atoms with Gasteiger partial charge in [-0.2, -0.15) is 0 Å². The largest absolute Gasteiger partial charge is 0.472 e.